The normalized spacial score (nSPS) is 11.2. The summed E-state index contributed by atoms with van der Waals surface area (Å²) in [6, 6.07) is 5.59. The molecule has 0 saturated heterocycles. The second-order valence-corrected chi connectivity index (χ2v) is 5.60. The molecule has 120 valence electrons. The van der Waals surface area contributed by atoms with Crippen LogP contribution in [0.25, 0.3) is 10.9 Å². The van der Waals surface area contributed by atoms with E-state index in [4.69, 9.17) is 5.11 Å². The van der Waals surface area contributed by atoms with Crippen molar-refractivity contribution >= 4 is 22.7 Å². The monoisotopic (exact) mass is 303 g/mol. The van der Waals surface area contributed by atoms with Crippen molar-refractivity contribution in [2.24, 2.45) is 0 Å². The third kappa shape index (κ3) is 4.24. The number of aromatic nitrogens is 1. The van der Waals surface area contributed by atoms with E-state index in [0.717, 1.165) is 37.0 Å². The highest BCUT2D eigenvalue weighted by atomic mass is 16.4. The van der Waals surface area contributed by atoms with Crippen LogP contribution in [0.5, 0.6) is 0 Å². The molecule has 22 heavy (non-hydrogen) atoms. The first-order valence-electron chi connectivity index (χ1n) is 7.96. The predicted molar refractivity (Wildman–Crippen MR) is 90.7 cm³/mol. The molecule has 5 heteroatoms. The van der Waals surface area contributed by atoms with Crippen LogP contribution in [0.3, 0.4) is 0 Å². The van der Waals surface area contributed by atoms with E-state index in [1.54, 1.807) is 6.07 Å². The largest absolute Gasteiger partial charge is 0.465 e. The summed E-state index contributed by atoms with van der Waals surface area (Å²) in [5.41, 5.74) is 2.89. The third-order valence-corrected chi connectivity index (χ3v) is 3.80. The van der Waals surface area contributed by atoms with Gasteiger partial charge in [-0.05, 0) is 56.1 Å². The number of fused-ring (bicyclic) bond motifs is 1. The number of nitrogens with one attached hydrogen (secondary N) is 2. The fourth-order valence-corrected chi connectivity index (χ4v) is 2.83. The SMILES string of the molecule is CCCN(CCC)CCc1c[nH]c2ccc(NC(=O)O)cc12. The zero-order valence-corrected chi connectivity index (χ0v) is 13.4. The van der Waals surface area contributed by atoms with Crippen molar-refractivity contribution in [3.63, 3.8) is 0 Å². The Morgan fingerprint density at radius 1 is 1.23 bits per heavy atom. The summed E-state index contributed by atoms with van der Waals surface area (Å²) in [6.45, 7) is 7.70. The molecular formula is C17H25N3O2. The van der Waals surface area contributed by atoms with E-state index in [9.17, 15) is 4.79 Å². The highest BCUT2D eigenvalue weighted by molar-refractivity contribution is 5.91. The maximum Gasteiger partial charge on any atom is 0.409 e. The van der Waals surface area contributed by atoms with Crippen molar-refractivity contribution in [3.05, 3.63) is 30.0 Å². The Hall–Kier alpha value is -2.01. The molecule has 3 N–H and O–H groups in total. The first-order valence-corrected chi connectivity index (χ1v) is 7.96. The van der Waals surface area contributed by atoms with Crippen molar-refractivity contribution in [3.8, 4) is 0 Å². The van der Waals surface area contributed by atoms with Gasteiger partial charge in [0.15, 0.2) is 0 Å². The molecule has 0 saturated carbocycles. The summed E-state index contributed by atoms with van der Waals surface area (Å²) >= 11 is 0. The van der Waals surface area contributed by atoms with Crippen LogP contribution in [-0.2, 0) is 6.42 Å². The first-order chi connectivity index (χ1) is 10.6. The number of nitrogens with zero attached hydrogens (tertiary/aromatic N) is 1. The van der Waals surface area contributed by atoms with Gasteiger partial charge in [0.1, 0.15) is 0 Å². The van der Waals surface area contributed by atoms with E-state index in [0.29, 0.717) is 5.69 Å². The molecular weight excluding hydrogens is 278 g/mol. The number of hydrogen-bond acceptors (Lipinski definition) is 2. The van der Waals surface area contributed by atoms with Crippen LogP contribution in [0.1, 0.15) is 32.3 Å². The zero-order chi connectivity index (χ0) is 15.9. The standard InChI is InChI=1S/C17H25N3O2/c1-3-8-20(9-4-2)10-7-13-12-18-16-6-5-14(11-15(13)16)19-17(21)22/h5-6,11-12,18-19H,3-4,7-10H2,1-2H3,(H,21,22). The molecule has 1 heterocycles. The average molecular weight is 303 g/mol. The number of H-pyrrole nitrogens is 1. The van der Waals surface area contributed by atoms with Crippen LogP contribution in [-0.4, -0.2) is 40.7 Å². The van der Waals surface area contributed by atoms with Crippen molar-refractivity contribution < 1.29 is 9.90 Å². The topological polar surface area (TPSA) is 68.4 Å². The highest BCUT2D eigenvalue weighted by Crippen LogP contribution is 2.23. The van der Waals surface area contributed by atoms with Crippen molar-refractivity contribution in [2.45, 2.75) is 33.1 Å². The van der Waals surface area contributed by atoms with Crippen LogP contribution in [0, 0.1) is 0 Å². The smallest absolute Gasteiger partial charge is 0.409 e. The van der Waals surface area contributed by atoms with Gasteiger partial charge in [-0.25, -0.2) is 4.79 Å². The first kappa shape index (κ1) is 16.4. The van der Waals surface area contributed by atoms with Gasteiger partial charge in [0.25, 0.3) is 0 Å². The van der Waals surface area contributed by atoms with Gasteiger partial charge < -0.3 is 15.0 Å². The number of hydrogen-bond donors (Lipinski definition) is 3. The van der Waals surface area contributed by atoms with Crippen molar-refractivity contribution in [2.75, 3.05) is 25.0 Å². The van der Waals surface area contributed by atoms with E-state index in [2.05, 4.69) is 29.0 Å². The van der Waals surface area contributed by atoms with E-state index < -0.39 is 6.09 Å². The Morgan fingerprint density at radius 3 is 2.59 bits per heavy atom. The van der Waals surface area contributed by atoms with Gasteiger partial charge >= 0.3 is 6.09 Å². The minimum Gasteiger partial charge on any atom is -0.465 e. The molecule has 0 radical (unpaired) electrons. The fraction of sp³-hybridized carbons (Fsp3) is 0.471. The minimum atomic E-state index is -1.03. The molecule has 1 aromatic carbocycles. The molecule has 0 bridgehead atoms. The van der Waals surface area contributed by atoms with Gasteiger partial charge in [-0.15, -0.1) is 0 Å². The van der Waals surface area contributed by atoms with E-state index in [1.807, 2.05) is 18.3 Å². The summed E-state index contributed by atoms with van der Waals surface area (Å²) in [5, 5.41) is 12.3. The lowest BCUT2D eigenvalue weighted by atomic mass is 10.1. The summed E-state index contributed by atoms with van der Waals surface area (Å²) < 4.78 is 0. The Labute approximate surface area is 131 Å². The second kappa shape index (κ2) is 7.84. The molecule has 0 spiro atoms. The van der Waals surface area contributed by atoms with Crippen LogP contribution in [0.2, 0.25) is 0 Å². The predicted octanol–water partition coefficient (Wildman–Crippen LogP) is 3.92. The Balaban J connectivity index is 2.11. The molecule has 2 aromatic rings. The van der Waals surface area contributed by atoms with Gasteiger partial charge in [0.2, 0.25) is 0 Å². The molecule has 0 fully saturated rings. The van der Waals surface area contributed by atoms with Crippen LogP contribution < -0.4 is 5.32 Å². The quantitative estimate of drug-likeness (QED) is 0.692. The molecule has 0 aliphatic carbocycles. The number of carboxylic acid groups (broad SMARTS) is 1. The second-order valence-electron chi connectivity index (χ2n) is 5.60. The maximum absolute atomic E-state index is 10.8. The maximum atomic E-state index is 10.8. The third-order valence-electron chi connectivity index (χ3n) is 3.80. The van der Waals surface area contributed by atoms with Crippen molar-refractivity contribution in [1.82, 2.24) is 9.88 Å². The molecule has 1 aromatic heterocycles. The Bertz CT molecular complexity index is 615. The molecule has 0 atom stereocenters. The van der Waals surface area contributed by atoms with E-state index in [1.165, 1.54) is 18.4 Å². The number of amides is 1. The number of benzene rings is 1. The lowest BCUT2D eigenvalue weighted by Crippen LogP contribution is -2.27. The molecule has 5 nitrogen and oxygen atoms in total. The minimum absolute atomic E-state index is 0.611. The van der Waals surface area contributed by atoms with E-state index >= 15 is 0 Å². The number of aromatic amines is 1. The molecule has 0 aliphatic rings. The Kier molecular flexibility index (Phi) is 5.83. The number of carbonyl (C=O) groups is 1. The van der Waals surface area contributed by atoms with Gasteiger partial charge in [0, 0.05) is 29.3 Å². The fourth-order valence-electron chi connectivity index (χ4n) is 2.83. The van der Waals surface area contributed by atoms with Gasteiger partial charge in [-0.3, -0.25) is 5.32 Å². The van der Waals surface area contributed by atoms with Gasteiger partial charge in [-0.1, -0.05) is 13.8 Å². The summed E-state index contributed by atoms with van der Waals surface area (Å²) in [6.07, 6.45) is 4.30. The van der Waals surface area contributed by atoms with Crippen LogP contribution in [0.4, 0.5) is 10.5 Å². The summed E-state index contributed by atoms with van der Waals surface area (Å²) in [5.74, 6) is 0. The average Bonchev–Trinajstić information content (AvgIpc) is 2.87. The highest BCUT2D eigenvalue weighted by Gasteiger charge is 2.08. The number of rotatable bonds is 8. The van der Waals surface area contributed by atoms with Crippen molar-refractivity contribution in [1.29, 1.82) is 0 Å². The molecule has 0 unspecified atom stereocenters. The molecule has 1 amide bonds. The van der Waals surface area contributed by atoms with Gasteiger partial charge in [-0.2, -0.15) is 0 Å². The zero-order valence-electron chi connectivity index (χ0n) is 13.4. The Morgan fingerprint density at radius 2 is 1.95 bits per heavy atom. The molecule has 2 rings (SSSR count). The molecule has 0 aliphatic heterocycles. The summed E-state index contributed by atoms with van der Waals surface area (Å²) in [7, 11) is 0. The summed E-state index contributed by atoms with van der Waals surface area (Å²) in [4.78, 5) is 16.5. The van der Waals surface area contributed by atoms with Crippen LogP contribution >= 0.6 is 0 Å². The lowest BCUT2D eigenvalue weighted by Gasteiger charge is -2.20. The number of anilines is 1. The van der Waals surface area contributed by atoms with Gasteiger partial charge in [0.05, 0.1) is 0 Å². The van der Waals surface area contributed by atoms with E-state index in [-0.39, 0.29) is 0 Å². The van der Waals surface area contributed by atoms with Crippen LogP contribution in [0.15, 0.2) is 24.4 Å². The lowest BCUT2D eigenvalue weighted by molar-refractivity contribution is 0.210.